The summed E-state index contributed by atoms with van der Waals surface area (Å²) in [6, 6.07) is 5.82. The maximum Gasteiger partial charge on any atom is 0.337 e. The highest BCUT2D eigenvalue weighted by Gasteiger charge is 2.31. The van der Waals surface area contributed by atoms with E-state index < -0.39 is 16.0 Å². The lowest BCUT2D eigenvalue weighted by Crippen LogP contribution is -2.52. The zero-order valence-corrected chi connectivity index (χ0v) is 12.3. The minimum atomic E-state index is -3.59. The van der Waals surface area contributed by atoms with Crippen LogP contribution in [-0.4, -0.2) is 51.5 Å². The highest BCUT2D eigenvalue weighted by atomic mass is 32.2. The Bertz CT molecular complexity index is 600. The van der Waals surface area contributed by atoms with E-state index in [0.717, 1.165) is 0 Å². The molecule has 1 N–H and O–H groups in total. The van der Waals surface area contributed by atoms with Crippen LogP contribution in [0.3, 0.4) is 0 Å². The monoisotopic (exact) mass is 298 g/mol. The fourth-order valence-electron chi connectivity index (χ4n) is 2.22. The van der Waals surface area contributed by atoms with Gasteiger partial charge in [0, 0.05) is 25.7 Å². The lowest BCUT2D eigenvalue weighted by Gasteiger charge is -2.32. The highest BCUT2D eigenvalue weighted by Crippen LogP contribution is 2.20. The van der Waals surface area contributed by atoms with Gasteiger partial charge in [0.1, 0.15) is 0 Å². The smallest absolute Gasteiger partial charge is 0.337 e. The topological polar surface area (TPSA) is 75.7 Å². The van der Waals surface area contributed by atoms with Gasteiger partial charge in [-0.3, -0.25) is 0 Å². The van der Waals surface area contributed by atoms with Crippen LogP contribution in [0.4, 0.5) is 0 Å². The third kappa shape index (κ3) is 2.84. The standard InChI is InChI=1S/C13H18N2O4S/c1-10-9-14-6-7-15(10)20(17,18)12-5-3-4-11(8-12)13(16)19-2/h3-5,8,10,14H,6-7,9H2,1-2H3. The Balaban J connectivity index is 2.36. The number of piperazine rings is 1. The van der Waals surface area contributed by atoms with Crippen LogP contribution in [0.1, 0.15) is 17.3 Å². The third-order valence-corrected chi connectivity index (χ3v) is 5.31. The van der Waals surface area contributed by atoms with Crippen LogP contribution in [0.15, 0.2) is 29.2 Å². The molecule has 1 aromatic carbocycles. The van der Waals surface area contributed by atoms with E-state index >= 15 is 0 Å². The molecule has 1 atom stereocenters. The molecule has 6 nitrogen and oxygen atoms in total. The van der Waals surface area contributed by atoms with Gasteiger partial charge in [-0.25, -0.2) is 13.2 Å². The molecule has 0 saturated carbocycles. The van der Waals surface area contributed by atoms with Crippen LogP contribution in [0.2, 0.25) is 0 Å². The van der Waals surface area contributed by atoms with E-state index in [-0.39, 0.29) is 16.5 Å². The highest BCUT2D eigenvalue weighted by molar-refractivity contribution is 7.89. The van der Waals surface area contributed by atoms with Gasteiger partial charge in [0.2, 0.25) is 10.0 Å². The van der Waals surface area contributed by atoms with E-state index in [4.69, 9.17) is 0 Å². The largest absolute Gasteiger partial charge is 0.465 e. The zero-order chi connectivity index (χ0) is 14.8. The Hall–Kier alpha value is -1.44. The van der Waals surface area contributed by atoms with E-state index in [2.05, 4.69) is 10.1 Å². The van der Waals surface area contributed by atoms with E-state index in [9.17, 15) is 13.2 Å². The number of rotatable bonds is 3. The molecule has 1 fully saturated rings. The summed E-state index contributed by atoms with van der Waals surface area (Å²) in [5.41, 5.74) is 0.233. The molecule has 0 amide bonds. The number of esters is 1. The fraction of sp³-hybridized carbons (Fsp3) is 0.462. The van der Waals surface area contributed by atoms with Gasteiger partial charge in [0.15, 0.2) is 0 Å². The average molecular weight is 298 g/mol. The second kappa shape index (κ2) is 5.90. The number of methoxy groups -OCH3 is 1. The summed E-state index contributed by atoms with van der Waals surface area (Å²) in [5, 5.41) is 3.15. The molecule has 1 aliphatic heterocycles. The third-order valence-electron chi connectivity index (χ3n) is 3.30. The van der Waals surface area contributed by atoms with Crippen molar-refractivity contribution in [2.45, 2.75) is 17.9 Å². The first-order chi connectivity index (χ1) is 9.46. The SMILES string of the molecule is COC(=O)c1cccc(S(=O)(=O)N2CCNCC2C)c1. The summed E-state index contributed by atoms with van der Waals surface area (Å²) in [4.78, 5) is 11.6. The number of sulfonamides is 1. The molecule has 0 bridgehead atoms. The Morgan fingerprint density at radius 3 is 2.85 bits per heavy atom. The van der Waals surface area contributed by atoms with Gasteiger partial charge in [0.05, 0.1) is 17.6 Å². The predicted octanol–water partition coefficient (Wildman–Crippen LogP) is 0.456. The number of benzene rings is 1. The molecule has 20 heavy (non-hydrogen) atoms. The van der Waals surface area contributed by atoms with E-state index in [0.29, 0.717) is 19.6 Å². The fourth-order valence-corrected chi connectivity index (χ4v) is 3.89. The minimum Gasteiger partial charge on any atom is -0.465 e. The summed E-state index contributed by atoms with van der Waals surface area (Å²) < 4.78 is 31.3. The molecule has 1 saturated heterocycles. The number of ether oxygens (including phenoxy) is 1. The van der Waals surface area contributed by atoms with Gasteiger partial charge in [-0.1, -0.05) is 6.07 Å². The normalized spacial score (nSPS) is 20.6. The molecule has 0 radical (unpaired) electrons. The summed E-state index contributed by atoms with van der Waals surface area (Å²) in [7, 11) is -2.32. The molecule has 0 aliphatic carbocycles. The first kappa shape index (κ1) is 15.0. The van der Waals surface area contributed by atoms with Crippen molar-refractivity contribution in [1.29, 1.82) is 0 Å². The Morgan fingerprint density at radius 1 is 1.45 bits per heavy atom. The maximum absolute atomic E-state index is 12.6. The van der Waals surface area contributed by atoms with Crippen LogP contribution in [0.5, 0.6) is 0 Å². The Morgan fingerprint density at radius 2 is 2.20 bits per heavy atom. The van der Waals surface area contributed by atoms with Crippen molar-refractivity contribution in [3.63, 3.8) is 0 Å². The second-order valence-corrected chi connectivity index (χ2v) is 6.58. The molecule has 1 aromatic rings. The summed E-state index contributed by atoms with van der Waals surface area (Å²) in [6.07, 6.45) is 0. The average Bonchev–Trinajstić information content (AvgIpc) is 2.47. The zero-order valence-electron chi connectivity index (χ0n) is 11.5. The van der Waals surface area contributed by atoms with Crippen molar-refractivity contribution < 1.29 is 17.9 Å². The van der Waals surface area contributed by atoms with Crippen LogP contribution in [0, 0.1) is 0 Å². The Labute approximate surface area is 118 Å². The number of nitrogens with one attached hydrogen (secondary N) is 1. The summed E-state index contributed by atoms with van der Waals surface area (Å²) in [6.45, 7) is 3.52. The van der Waals surface area contributed by atoms with Crippen molar-refractivity contribution >= 4 is 16.0 Å². The number of carbonyl (C=O) groups excluding carboxylic acids is 1. The molecule has 110 valence electrons. The van der Waals surface area contributed by atoms with Gasteiger partial charge in [-0.05, 0) is 25.1 Å². The Kier molecular flexibility index (Phi) is 4.42. The van der Waals surface area contributed by atoms with Crippen molar-refractivity contribution in [1.82, 2.24) is 9.62 Å². The van der Waals surface area contributed by atoms with Crippen molar-refractivity contribution in [3.05, 3.63) is 29.8 Å². The second-order valence-electron chi connectivity index (χ2n) is 4.69. The molecular weight excluding hydrogens is 280 g/mol. The molecule has 7 heteroatoms. The maximum atomic E-state index is 12.6. The number of hydrogen-bond donors (Lipinski definition) is 1. The van der Waals surface area contributed by atoms with Crippen molar-refractivity contribution in [3.8, 4) is 0 Å². The molecular formula is C13H18N2O4S. The van der Waals surface area contributed by atoms with Crippen LogP contribution >= 0.6 is 0 Å². The van der Waals surface area contributed by atoms with Gasteiger partial charge in [0.25, 0.3) is 0 Å². The summed E-state index contributed by atoms with van der Waals surface area (Å²) >= 11 is 0. The molecule has 1 aliphatic rings. The van der Waals surface area contributed by atoms with Crippen LogP contribution in [0.25, 0.3) is 0 Å². The van der Waals surface area contributed by atoms with E-state index in [1.165, 1.54) is 29.6 Å². The number of nitrogens with zero attached hydrogens (tertiary/aromatic N) is 1. The van der Waals surface area contributed by atoms with Crippen molar-refractivity contribution in [2.75, 3.05) is 26.7 Å². The molecule has 0 spiro atoms. The van der Waals surface area contributed by atoms with Gasteiger partial charge in [-0.2, -0.15) is 4.31 Å². The van der Waals surface area contributed by atoms with Crippen LogP contribution in [-0.2, 0) is 14.8 Å². The first-order valence-electron chi connectivity index (χ1n) is 6.38. The number of carbonyl (C=O) groups is 1. The quantitative estimate of drug-likeness (QED) is 0.820. The van der Waals surface area contributed by atoms with Gasteiger partial charge in [-0.15, -0.1) is 0 Å². The van der Waals surface area contributed by atoms with E-state index in [1.807, 2.05) is 6.92 Å². The van der Waals surface area contributed by atoms with Gasteiger partial charge < -0.3 is 10.1 Å². The van der Waals surface area contributed by atoms with Crippen LogP contribution < -0.4 is 5.32 Å². The van der Waals surface area contributed by atoms with Crippen molar-refractivity contribution in [2.24, 2.45) is 0 Å². The predicted molar refractivity (Wildman–Crippen MR) is 74.0 cm³/mol. The summed E-state index contributed by atoms with van der Waals surface area (Å²) in [5.74, 6) is -0.546. The molecule has 2 rings (SSSR count). The molecule has 1 heterocycles. The minimum absolute atomic E-state index is 0.115. The molecule has 1 unspecified atom stereocenters. The number of hydrogen-bond acceptors (Lipinski definition) is 5. The lowest BCUT2D eigenvalue weighted by atomic mass is 10.2. The van der Waals surface area contributed by atoms with Gasteiger partial charge >= 0.3 is 5.97 Å². The van der Waals surface area contributed by atoms with E-state index in [1.54, 1.807) is 6.07 Å². The molecule has 0 aromatic heterocycles. The first-order valence-corrected chi connectivity index (χ1v) is 7.82. The lowest BCUT2D eigenvalue weighted by molar-refractivity contribution is 0.0600.